The fourth-order valence-electron chi connectivity index (χ4n) is 4.41. The Balaban J connectivity index is 1.56. The molecule has 1 aliphatic heterocycles. The van der Waals surface area contributed by atoms with Gasteiger partial charge in [-0.05, 0) is 47.6 Å². The Morgan fingerprint density at radius 1 is 1.11 bits per heavy atom. The van der Waals surface area contributed by atoms with Gasteiger partial charge in [-0.1, -0.05) is 30.3 Å². The molecule has 0 unspecified atom stereocenters. The van der Waals surface area contributed by atoms with E-state index in [0.717, 1.165) is 36.6 Å². The van der Waals surface area contributed by atoms with E-state index in [2.05, 4.69) is 17.4 Å². The Hall–Kier alpha value is -2.69. The van der Waals surface area contributed by atoms with Gasteiger partial charge >= 0.3 is 0 Å². The first-order chi connectivity index (χ1) is 13.0. The highest BCUT2D eigenvalue weighted by Gasteiger charge is 2.30. The summed E-state index contributed by atoms with van der Waals surface area (Å²) in [5.41, 5.74) is 3.43. The number of aryl methyl sites for hydroxylation is 2. The molecule has 27 heavy (non-hydrogen) atoms. The summed E-state index contributed by atoms with van der Waals surface area (Å²) in [5, 5.41) is 4.84. The number of likely N-dealkylation sites (tertiary alicyclic amines) is 1. The van der Waals surface area contributed by atoms with Gasteiger partial charge in [-0.25, -0.2) is 0 Å². The van der Waals surface area contributed by atoms with Crippen molar-refractivity contribution in [3.8, 4) is 0 Å². The average molecular weight is 364 g/mol. The largest absolute Gasteiger partial charge is 0.347 e. The number of carbonyl (C=O) groups excluding carboxylic acids is 3. The number of hydrogen-bond donors (Lipinski definition) is 1. The van der Waals surface area contributed by atoms with Gasteiger partial charge in [0.15, 0.2) is 5.78 Å². The molecule has 0 spiro atoms. The molecule has 0 aromatic heterocycles. The predicted molar refractivity (Wildman–Crippen MR) is 104 cm³/mol. The third kappa shape index (κ3) is 3.34. The van der Waals surface area contributed by atoms with E-state index < -0.39 is 0 Å². The first kappa shape index (κ1) is 17.7. The van der Waals surface area contributed by atoms with Crippen molar-refractivity contribution in [2.24, 2.45) is 5.92 Å². The van der Waals surface area contributed by atoms with E-state index in [0.29, 0.717) is 13.1 Å². The standard InChI is InChI=1S/C22H24N2O3/c1-14(25)23-12-20(26)24-11-3-5-17(13-24)22(27)19-10-9-16-8-7-15-4-2-6-18(19)21(15)16/h2,4,6,9-10,17H,3,5,7-8,11-13H2,1H3,(H,23,25)/t17-/m1/s1. The summed E-state index contributed by atoms with van der Waals surface area (Å²) < 4.78 is 0. The molecule has 2 aliphatic rings. The van der Waals surface area contributed by atoms with E-state index in [-0.39, 0.29) is 30.1 Å². The van der Waals surface area contributed by atoms with Crippen molar-refractivity contribution in [2.45, 2.75) is 32.6 Å². The van der Waals surface area contributed by atoms with Crippen LogP contribution >= 0.6 is 0 Å². The number of ketones is 1. The minimum atomic E-state index is -0.221. The van der Waals surface area contributed by atoms with Gasteiger partial charge in [-0.3, -0.25) is 14.4 Å². The molecule has 4 rings (SSSR count). The highest BCUT2D eigenvalue weighted by molar-refractivity contribution is 6.11. The lowest BCUT2D eigenvalue weighted by atomic mass is 9.87. The first-order valence-electron chi connectivity index (χ1n) is 9.64. The fourth-order valence-corrected chi connectivity index (χ4v) is 4.41. The second-order valence-corrected chi connectivity index (χ2v) is 7.56. The number of nitrogens with zero attached hydrogens (tertiary/aromatic N) is 1. The molecule has 1 heterocycles. The first-order valence-corrected chi connectivity index (χ1v) is 9.64. The molecular formula is C22H24N2O3. The molecule has 2 aromatic carbocycles. The van der Waals surface area contributed by atoms with E-state index in [9.17, 15) is 14.4 Å². The van der Waals surface area contributed by atoms with Crippen LogP contribution < -0.4 is 5.32 Å². The zero-order chi connectivity index (χ0) is 19.0. The Bertz CT molecular complexity index is 924. The number of amides is 2. The maximum absolute atomic E-state index is 13.3. The second kappa shape index (κ2) is 7.14. The van der Waals surface area contributed by atoms with Crippen LogP contribution in [0.5, 0.6) is 0 Å². The average Bonchev–Trinajstić information content (AvgIpc) is 3.11. The number of rotatable bonds is 4. The molecule has 2 amide bonds. The Labute approximate surface area is 158 Å². The molecule has 1 N–H and O–H groups in total. The molecular weight excluding hydrogens is 340 g/mol. The van der Waals surface area contributed by atoms with Gasteiger partial charge in [-0.2, -0.15) is 0 Å². The molecule has 1 aliphatic carbocycles. The molecule has 0 bridgehead atoms. The van der Waals surface area contributed by atoms with Gasteiger partial charge in [0.2, 0.25) is 11.8 Å². The number of hydrogen-bond acceptors (Lipinski definition) is 3. The molecule has 0 radical (unpaired) electrons. The Kier molecular flexibility index (Phi) is 4.68. The number of piperidine rings is 1. The van der Waals surface area contributed by atoms with Crippen LogP contribution in [0.2, 0.25) is 0 Å². The van der Waals surface area contributed by atoms with Gasteiger partial charge in [0, 0.05) is 31.5 Å². The van der Waals surface area contributed by atoms with Crippen LogP contribution in [-0.4, -0.2) is 42.1 Å². The number of nitrogens with one attached hydrogen (secondary N) is 1. The highest BCUT2D eigenvalue weighted by Crippen LogP contribution is 2.34. The van der Waals surface area contributed by atoms with Crippen LogP contribution in [0.15, 0.2) is 30.3 Å². The van der Waals surface area contributed by atoms with Gasteiger partial charge in [0.1, 0.15) is 0 Å². The van der Waals surface area contributed by atoms with Crippen LogP contribution in [0.3, 0.4) is 0 Å². The lowest BCUT2D eigenvalue weighted by Crippen LogP contribution is -2.46. The normalized spacial score (nSPS) is 18.6. The van der Waals surface area contributed by atoms with Gasteiger partial charge in [0.25, 0.3) is 0 Å². The summed E-state index contributed by atoms with van der Waals surface area (Å²) in [5.74, 6) is -0.398. The topological polar surface area (TPSA) is 66.5 Å². The lowest BCUT2D eigenvalue weighted by molar-refractivity contribution is -0.133. The van der Waals surface area contributed by atoms with Crippen molar-refractivity contribution in [1.82, 2.24) is 10.2 Å². The van der Waals surface area contributed by atoms with E-state index in [1.807, 2.05) is 18.2 Å². The van der Waals surface area contributed by atoms with Crippen LogP contribution in [0.4, 0.5) is 0 Å². The molecule has 1 saturated heterocycles. The fraction of sp³-hybridized carbons (Fsp3) is 0.409. The van der Waals surface area contributed by atoms with Crippen LogP contribution in [0.25, 0.3) is 10.8 Å². The van der Waals surface area contributed by atoms with Crippen molar-refractivity contribution in [3.63, 3.8) is 0 Å². The minimum Gasteiger partial charge on any atom is -0.347 e. The molecule has 1 fully saturated rings. The van der Waals surface area contributed by atoms with Crippen molar-refractivity contribution < 1.29 is 14.4 Å². The summed E-state index contributed by atoms with van der Waals surface area (Å²) in [6, 6.07) is 10.3. The lowest BCUT2D eigenvalue weighted by Gasteiger charge is -2.32. The molecule has 2 aromatic rings. The van der Waals surface area contributed by atoms with Crippen molar-refractivity contribution >= 4 is 28.4 Å². The van der Waals surface area contributed by atoms with E-state index >= 15 is 0 Å². The highest BCUT2D eigenvalue weighted by atomic mass is 16.2. The van der Waals surface area contributed by atoms with Crippen LogP contribution in [0, 0.1) is 5.92 Å². The second-order valence-electron chi connectivity index (χ2n) is 7.56. The van der Waals surface area contributed by atoms with Crippen LogP contribution in [-0.2, 0) is 22.4 Å². The smallest absolute Gasteiger partial charge is 0.241 e. The summed E-state index contributed by atoms with van der Waals surface area (Å²) >= 11 is 0. The quantitative estimate of drug-likeness (QED) is 0.848. The van der Waals surface area contributed by atoms with Crippen LogP contribution in [0.1, 0.15) is 41.3 Å². The third-order valence-corrected chi connectivity index (χ3v) is 5.78. The maximum atomic E-state index is 13.3. The van der Waals surface area contributed by atoms with Crippen molar-refractivity contribution in [3.05, 3.63) is 47.0 Å². The third-order valence-electron chi connectivity index (χ3n) is 5.78. The zero-order valence-corrected chi connectivity index (χ0v) is 15.6. The number of Topliss-reactive ketones (excluding diaryl/α,β-unsaturated/α-hetero) is 1. The van der Waals surface area contributed by atoms with Crippen molar-refractivity contribution in [1.29, 1.82) is 0 Å². The summed E-state index contributed by atoms with van der Waals surface area (Å²) in [6.45, 7) is 2.47. The van der Waals surface area contributed by atoms with Gasteiger partial charge in [-0.15, -0.1) is 0 Å². The van der Waals surface area contributed by atoms with Crippen molar-refractivity contribution in [2.75, 3.05) is 19.6 Å². The van der Waals surface area contributed by atoms with E-state index in [1.54, 1.807) is 4.90 Å². The van der Waals surface area contributed by atoms with E-state index in [4.69, 9.17) is 0 Å². The minimum absolute atomic E-state index is 0.00275. The van der Waals surface area contributed by atoms with Gasteiger partial charge in [0.05, 0.1) is 6.54 Å². The monoisotopic (exact) mass is 364 g/mol. The molecule has 140 valence electrons. The summed E-state index contributed by atoms with van der Waals surface area (Å²) in [4.78, 5) is 38.3. The maximum Gasteiger partial charge on any atom is 0.241 e. The molecule has 5 heteroatoms. The Morgan fingerprint density at radius 3 is 2.67 bits per heavy atom. The van der Waals surface area contributed by atoms with Gasteiger partial charge < -0.3 is 10.2 Å². The number of benzene rings is 2. The molecule has 5 nitrogen and oxygen atoms in total. The SMILES string of the molecule is CC(=O)NCC(=O)N1CCC[C@@H](C(=O)c2ccc3c4c(cccc24)CC3)C1. The number of carbonyl (C=O) groups is 3. The summed E-state index contributed by atoms with van der Waals surface area (Å²) in [7, 11) is 0. The zero-order valence-electron chi connectivity index (χ0n) is 15.6. The predicted octanol–water partition coefficient (Wildman–Crippen LogP) is 2.50. The van der Waals surface area contributed by atoms with E-state index in [1.165, 1.54) is 23.4 Å². The molecule has 1 atom stereocenters. The summed E-state index contributed by atoms with van der Waals surface area (Å²) in [6.07, 6.45) is 3.69. The Morgan fingerprint density at radius 2 is 1.89 bits per heavy atom. The molecule has 0 saturated carbocycles.